The van der Waals surface area contributed by atoms with E-state index in [1.54, 1.807) is 30.5 Å². The van der Waals surface area contributed by atoms with E-state index in [4.69, 9.17) is 0 Å². The molecule has 0 bridgehead atoms. The Balaban J connectivity index is 1.64. The number of nitrogens with one attached hydrogen (secondary N) is 3. The molecule has 1 aliphatic rings. The molecule has 0 radical (unpaired) electrons. The van der Waals surface area contributed by atoms with Crippen LogP contribution in [0.1, 0.15) is 30.3 Å². The van der Waals surface area contributed by atoms with Crippen LogP contribution in [0.4, 0.5) is 17.2 Å². The predicted molar refractivity (Wildman–Crippen MR) is 87.4 cm³/mol. The molecule has 1 aliphatic carbocycles. The number of aromatic nitrogens is 2. The van der Waals surface area contributed by atoms with Gasteiger partial charge in [-0.2, -0.15) is 0 Å². The molecule has 3 rings (SSSR count). The Labute approximate surface area is 133 Å². The maximum absolute atomic E-state index is 12.2. The number of nitrogens with zero attached hydrogens (tertiary/aromatic N) is 2. The maximum Gasteiger partial charge on any atom is 0.275 e. The van der Waals surface area contributed by atoms with Gasteiger partial charge in [-0.3, -0.25) is 9.59 Å². The molecule has 0 saturated heterocycles. The second-order valence-corrected chi connectivity index (χ2v) is 5.42. The number of carbonyl (C=O) groups excluding carboxylic acids is 2. The minimum atomic E-state index is -0.351. The Kier molecular flexibility index (Phi) is 4.18. The zero-order chi connectivity index (χ0) is 16.2. The van der Waals surface area contributed by atoms with E-state index in [2.05, 4.69) is 25.9 Å². The molecule has 2 aromatic rings. The third-order valence-corrected chi connectivity index (χ3v) is 3.25. The highest BCUT2D eigenvalue weighted by molar-refractivity contribution is 6.03. The van der Waals surface area contributed by atoms with E-state index in [1.807, 2.05) is 0 Å². The molecule has 7 nitrogen and oxygen atoms in total. The fraction of sp³-hybridized carbons (Fsp3) is 0.250. The van der Waals surface area contributed by atoms with Crippen molar-refractivity contribution in [3.63, 3.8) is 0 Å². The highest BCUT2D eigenvalue weighted by atomic mass is 16.2. The van der Waals surface area contributed by atoms with Crippen molar-refractivity contribution in [2.45, 2.75) is 25.8 Å². The summed E-state index contributed by atoms with van der Waals surface area (Å²) in [5.74, 6) is 0.158. The molecule has 0 atom stereocenters. The number of rotatable bonds is 5. The van der Waals surface area contributed by atoms with Crippen molar-refractivity contribution in [1.82, 2.24) is 9.97 Å². The summed E-state index contributed by atoms with van der Waals surface area (Å²) in [6, 6.07) is 7.39. The van der Waals surface area contributed by atoms with Crippen molar-refractivity contribution in [2.75, 3.05) is 16.0 Å². The molecule has 0 spiro atoms. The van der Waals surface area contributed by atoms with Crippen molar-refractivity contribution in [3.8, 4) is 0 Å². The first-order valence-corrected chi connectivity index (χ1v) is 7.38. The second-order valence-electron chi connectivity index (χ2n) is 5.42. The summed E-state index contributed by atoms with van der Waals surface area (Å²) in [6.07, 6.45) is 5.29. The molecule has 3 N–H and O–H groups in total. The van der Waals surface area contributed by atoms with Gasteiger partial charge in [0.1, 0.15) is 11.5 Å². The summed E-state index contributed by atoms with van der Waals surface area (Å²) in [4.78, 5) is 31.5. The second kappa shape index (κ2) is 6.43. The smallest absolute Gasteiger partial charge is 0.275 e. The first-order chi connectivity index (χ1) is 11.1. The van der Waals surface area contributed by atoms with Gasteiger partial charge in [-0.05, 0) is 31.0 Å². The lowest BCUT2D eigenvalue weighted by molar-refractivity contribution is -0.114. The fourth-order valence-electron chi connectivity index (χ4n) is 2.03. The molecular formula is C16H17N5O2. The van der Waals surface area contributed by atoms with Crippen LogP contribution in [0.15, 0.2) is 36.7 Å². The average Bonchev–Trinajstić information content (AvgIpc) is 3.31. The molecule has 1 fully saturated rings. The molecule has 0 unspecified atom stereocenters. The molecule has 2 amide bonds. The summed E-state index contributed by atoms with van der Waals surface area (Å²) in [5, 5.41) is 8.61. The number of amides is 2. The van der Waals surface area contributed by atoms with Crippen LogP contribution in [0.5, 0.6) is 0 Å². The third kappa shape index (κ3) is 4.26. The zero-order valence-electron chi connectivity index (χ0n) is 12.7. The van der Waals surface area contributed by atoms with Crippen molar-refractivity contribution in [2.24, 2.45) is 0 Å². The van der Waals surface area contributed by atoms with Crippen LogP contribution in [0.2, 0.25) is 0 Å². The van der Waals surface area contributed by atoms with Crippen LogP contribution in [0.3, 0.4) is 0 Å². The average molecular weight is 311 g/mol. The Morgan fingerprint density at radius 2 is 1.83 bits per heavy atom. The minimum Gasteiger partial charge on any atom is -0.366 e. The first kappa shape index (κ1) is 15.0. The van der Waals surface area contributed by atoms with E-state index in [0.29, 0.717) is 23.2 Å². The van der Waals surface area contributed by atoms with Crippen molar-refractivity contribution >= 4 is 29.0 Å². The number of hydrogen-bond acceptors (Lipinski definition) is 5. The van der Waals surface area contributed by atoms with Gasteiger partial charge in [-0.25, -0.2) is 9.97 Å². The summed E-state index contributed by atoms with van der Waals surface area (Å²) in [5.41, 5.74) is 1.42. The fourth-order valence-corrected chi connectivity index (χ4v) is 2.03. The van der Waals surface area contributed by atoms with E-state index in [1.165, 1.54) is 13.1 Å². The summed E-state index contributed by atoms with van der Waals surface area (Å²) in [6.45, 7) is 1.43. The summed E-state index contributed by atoms with van der Waals surface area (Å²) >= 11 is 0. The van der Waals surface area contributed by atoms with Gasteiger partial charge in [0.2, 0.25) is 5.91 Å². The Morgan fingerprint density at radius 1 is 1.09 bits per heavy atom. The van der Waals surface area contributed by atoms with E-state index < -0.39 is 0 Å². The van der Waals surface area contributed by atoms with Gasteiger partial charge < -0.3 is 16.0 Å². The van der Waals surface area contributed by atoms with Gasteiger partial charge in [0.15, 0.2) is 0 Å². The Morgan fingerprint density at radius 3 is 2.43 bits per heavy atom. The van der Waals surface area contributed by atoms with Crippen LogP contribution in [-0.4, -0.2) is 27.8 Å². The maximum atomic E-state index is 12.2. The van der Waals surface area contributed by atoms with Crippen molar-refractivity contribution in [3.05, 3.63) is 42.4 Å². The first-order valence-electron chi connectivity index (χ1n) is 7.38. The standard InChI is InChI=1S/C16H17N5O2/c1-10(22)19-12-3-2-4-13(7-12)21-16(23)14-8-18-15(9-17-14)20-11-5-6-11/h2-4,7-9,11H,5-6H2,1H3,(H,18,20)(H,19,22)(H,21,23). The highest BCUT2D eigenvalue weighted by Gasteiger charge is 2.21. The lowest BCUT2D eigenvalue weighted by Gasteiger charge is -2.08. The third-order valence-electron chi connectivity index (χ3n) is 3.25. The molecule has 0 aliphatic heterocycles. The lowest BCUT2D eigenvalue weighted by atomic mass is 10.2. The van der Waals surface area contributed by atoms with E-state index in [9.17, 15) is 9.59 Å². The van der Waals surface area contributed by atoms with Gasteiger partial charge in [0.25, 0.3) is 5.91 Å². The molecule has 7 heteroatoms. The monoisotopic (exact) mass is 311 g/mol. The van der Waals surface area contributed by atoms with Gasteiger partial charge in [-0.1, -0.05) is 6.07 Å². The Bertz CT molecular complexity index is 726. The molecule has 1 aromatic heterocycles. The van der Waals surface area contributed by atoms with E-state index in [-0.39, 0.29) is 17.5 Å². The van der Waals surface area contributed by atoms with Crippen LogP contribution >= 0.6 is 0 Å². The predicted octanol–water partition coefficient (Wildman–Crippen LogP) is 2.26. The minimum absolute atomic E-state index is 0.168. The number of carbonyl (C=O) groups is 2. The normalized spacial score (nSPS) is 13.3. The molecule has 118 valence electrons. The van der Waals surface area contributed by atoms with Crippen LogP contribution in [-0.2, 0) is 4.79 Å². The molecule has 1 aromatic carbocycles. The van der Waals surface area contributed by atoms with E-state index >= 15 is 0 Å². The van der Waals surface area contributed by atoms with Crippen LogP contribution in [0, 0.1) is 0 Å². The molecule has 1 saturated carbocycles. The lowest BCUT2D eigenvalue weighted by Crippen LogP contribution is -2.15. The van der Waals surface area contributed by atoms with Crippen LogP contribution < -0.4 is 16.0 Å². The molecule has 23 heavy (non-hydrogen) atoms. The SMILES string of the molecule is CC(=O)Nc1cccc(NC(=O)c2cnc(NC3CC3)cn2)c1. The number of anilines is 3. The number of benzene rings is 1. The van der Waals surface area contributed by atoms with Gasteiger partial charge >= 0.3 is 0 Å². The zero-order valence-corrected chi connectivity index (χ0v) is 12.7. The number of hydrogen-bond donors (Lipinski definition) is 3. The summed E-state index contributed by atoms with van der Waals surface area (Å²) < 4.78 is 0. The van der Waals surface area contributed by atoms with Gasteiger partial charge in [-0.15, -0.1) is 0 Å². The largest absolute Gasteiger partial charge is 0.366 e. The Hall–Kier alpha value is -2.96. The molecular weight excluding hydrogens is 294 g/mol. The van der Waals surface area contributed by atoms with Crippen molar-refractivity contribution < 1.29 is 9.59 Å². The topological polar surface area (TPSA) is 96.0 Å². The van der Waals surface area contributed by atoms with Gasteiger partial charge in [0, 0.05) is 24.3 Å². The van der Waals surface area contributed by atoms with E-state index in [0.717, 1.165) is 12.8 Å². The quantitative estimate of drug-likeness (QED) is 0.787. The summed E-state index contributed by atoms with van der Waals surface area (Å²) in [7, 11) is 0. The van der Waals surface area contributed by atoms with Crippen LogP contribution in [0.25, 0.3) is 0 Å². The molecule has 1 heterocycles. The van der Waals surface area contributed by atoms with Crippen molar-refractivity contribution in [1.29, 1.82) is 0 Å². The highest BCUT2D eigenvalue weighted by Crippen LogP contribution is 2.23. The van der Waals surface area contributed by atoms with Gasteiger partial charge in [0.05, 0.1) is 12.4 Å².